The predicted octanol–water partition coefficient (Wildman–Crippen LogP) is 3.33. The lowest BCUT2D eigenvalue weighted by atomic mass is 9.79. The summed E-state index contributed by atoms with van der Waals surface area (Å²) < 4.78 is 27.8. The molecule has 1 saturated carbocycles. The minimum Gasteiger partial charge on any atom is -0.398 e. The summed E-state index contributed by atoms with van der Waals surface area (Å²) in [6.07, 6.45) is 2.79. The van der Waals surface area contributed by atoms with Gasteiger partial charge in [-0.15, -0.1) is 0 Å². The summed E-state index contributed by atoms with van der Waals surface area (Å²) in [6.45, 7) is 6.16. The summed E-state index contributed by atoms with van der Waals surface area (Å²) in [4.78, 5) is 0.141. The van der Waals surface area contributed by atoms with Crippen LogP contribution in [0.5, 0.6) is 0 Å². The van der Waals surface area contributed by atoms with Crippen molar-refractivity contribution in [1.29, 1.82) is 0 Å². The summed E-state index contributed by atoms with van der Waals surface area (Å²) in [5, 5.41) is 0.376. The van der Waals surface area contributed by atoms with Gasteiger partial charge in [0, 0.05) is 16.8 Å². The lowest BCUT2D eigenvalue weighted by Gasteiger charge is -2.32. The summed E-state index contributed by atoms with van der Waals surface area (Å²) in [6, 6.07) is 2.92. The molecule has 4 nitrogen and oxygen atoms in total. The topological polar surface area (TPSA) is 72.2 Å². The lowest BCUT2D eigenvalue weighted by molar-refractivity contribution is 0.242. The molecule has 1 aromatic rings. The molecular weight excluding hydrogens is 308 g/mol. The third-order valence-corrected chi connectivity index (χ3v) is 6.48. The van der Waals surface area contributed by atoms with Crippen LogP contribution in [0.3, 0.4) is 0 Å². The van der Waals surface area contributed by atoms with Gasteiger partial charge >= 0.3 is 0 Å². The van der Waals surface area contributed by atoms with Crippen LogP contribution in [0.1, 0.15) is 38.7 Å². The molecule has 3 N–H and O–H groups in total. The number of anilines is 1. The van der Waals surface area contributed by atoms with Gasteiger partial charge in [0.25, 0.3) is 0 Å². The van der Waals surface area contributed by atoms with Gasteiger partial charge in [0.05, 0.1) is 4.90 Å². The molecule has 0 aromatic heterocycles. The van der Waals surface area contributed by atoms with Crippen LogP contribution in [-0.2, 0) is 10.0 Å². The first-order chi connectivity index (χ1) is 9.70. The van der Waals surface area contributed by atoms with Gasteiger partial charge in [-0.3, -0.25) is 0 Å². The Bertz CT molecular complexity index is 608. The molecule has 0 heterocycles. The second-order valence-electron chi connectivity index (χ2n) is 6.21. The van der Waals surface area contributed by atoms with E-state index in [4.69, 9.17) is 17.3 Å². The molecule has 21 heavy (non-hydrogen) atoms. The highest BCUT2D eigenvalue weighted by molar-refractivity contribution is 7.89. The van der Waals surface area contributed by atoms with Gasteiger partial charge in [-0.25, -0.2) is 13.1 Å². The van der Waals surface area contributed by atoms with E-state index in [-0.39, 0.29) is 10.9 Å². The Labute approximate surface area is 132 Å². The van der Waals surface area contributed by atoms with Gasteiger partial charge in [-0.2, -0.15) is 0 Å². The zero-order valence-electron chi connectivity index (χ0n) is 12.7. The Morgan fingerprint density at radius 3 is 2.48 bits per heavy atom. The van der Waals surface area contributed by atoms with Gasteiger partial charge < -0.3 is 5.73 Å². The van der Waals surface area contributed by atoms with Crippen LogP contribution in [0.4, 0.5) is 5.69 Å². The van der Waals surface area contributed by atoms with Crippen LogP contribution in [0.15, 0.2) is 17.0 Å². The van der Waals surface area contributed by atoms with Crippen LogP contribution < -0.4 is 10.5 Å². The van der Waals surface area contributed by atoms with Crippen molar-refractivity contribution in [2.24, 2.45) is 11.8 Å². The molecular formula is C15H23ClN2O2S. The van der Waals surface area contributed by atoms with Gasteiger partial charge in [0.2, 0.25) is 10.0 Å². The second-order valence-corrected chi connectivity index (χ2v) is 8.33. The molecule has 0 radical (unpaired) electrons. The second kappa shape index (κ2) is 6.15. The Balaban J connectivity index is 2.19. The number of halogens is 1. The fourth-order valence-corrected chi connectivity index (χ4v) is 4.41. The first-order valence-corrected chi connectivity index (χ1v) is 9.14. The van der Waals surface area contributed by atoms with Gasteiger partial charge in [0.15, 0.2) is 0 Å². The molecule has 0 amide bonds. The minimum atomic E-state index is -3.58. The number of benzene rings is 1. The fraction of sp³-hybridized carbons (Fsp3) is 0.600. The van der Waals surface area contributed by atoms with Crippen molar-refractivity contribution >= 4 is 27.3 Å². The summed E-state index contributed by atoms with van der Waals surface area (Å²) >= 11 is 6.04. The molecule has 0 bridgehead atoms. The normalized spacial score (nSPS) is 26.8. The monoisotopic (exact) mass is 330 g/mol. The number of hydrogen-bond acceptors (Lipinski definition) is 3. The van der Waals surface area contributed by atoms with E-state index < -0.39 is 10.0 Å². The van der Waals surface area contributed by atoms with Crippen LogP contribution in [-0.4, -0.2) is 14.5 Å². The lowest BCUT2D eigenvalue weighted by Crippen LogP contribution is -2.39. The maximum absolute atomic E-state index is 12.5. The van der Waals surface area contributed by atoms with Crippen molar-refractivity contribution < 1.29 is 8.42 Å². The first-order valence-electron chi connectivity index (χ1n) is 7.28. The van der Waals surface area contributed by atoms with Crippen LogP contribution in [0, 0.1) is 18.8 Å². The Hall–Kier alpha value is -0.780. The molecule has 1 aliphatic rings. The quantitative estimate of drug-likeness (QED) is 0.835. The smallest absolute Gasteiger partial charge is 0.240 e. The van der Waals surface area contributed by atoms with Crippen molar-refractivity contribution in [3.05, 3.63) is 22.7 Å². The average molecular weight is 331 g/mol. The van der Waals surface area contributed by atoms with E-state index >= 15 is 0 Å². The van der Waals surface area contributed by atoms with E-state index in [1.807, 2.05) is 0 Å². The molecule has 3 atom stereocenters. The van der Waals surface area contributed by atoms with Crippen LogP contribution in [0.25, 0.3) is 0 Å². The van der Waals surface area contributed by atoms with Crippen LogP contribution >= 0.6 is 11.6 Å². The number of nitrogens with one attached hydrogen (secondary N) is 1. The Kier molecular flexibility index (Phi) is 4.85. The molecule has 1 aliphatic carbocycles. The van der Waals surface area contributed by atoms with E-state index in [9.17, 15) is 8.42 Å². The molecule has 118 valence electrons. The van der Waals surface area contributed by atoms with E-state index in [0.29, 0.717) is 28.1 Å². The van der Waals surface area contributed by atoms with E-state index in [1.54, 1.807) is 6.92 Å². The Morgan fingerprint density at radius 2 is 1.90 bits per heavy atom. The highest BCUT2D eigenvalue weighted by atomic mass is 35.5. The van der Waals surface area contributed by atoms with Gasteiger partial charge in [-0.05, 0) is 55.7 Å². The van der Waals surface area contributed by atoms with Crippen molar-refractivity contribution in [1.82, 2.24) is 4.72 Å². The third kappa shape index (κ3) is 3.71. The summed E-state index contributed by atoms with van der Waals surface area (Å²) in [5.41, 5.74) is 6.92. The number of rotatable bonds is 3. The van der Waals surface area contributed by atoms with Crippen molar-refractivity contribution in [3.8, 4) is 0 Å². The van der Waals surface area contributed by atoms with Gasteiger partial charge in [-0.1, -0.05) is 25.4 Å². The summed E-state index contributed by atoms with van der Waals surface area (Å²) in [5.74, 6) is 1.17. The SMILES string of the molecule is Cc1c(N)cc(S(=O)(=O)NC2CCC(C)C(C)C2)cc1Cl. The molecule has 1 aromatic carbocycles. The Morgan fingerprint density at radius 1 is 1.24 bits per heavy atom. The third-order valence-electron chi connectivity index (χ3n) is 4.59. The average Bonchev–Trinajstić information content (AvgIpc) is 2.39. The number of hydrogen-bond donors (Lipinski definition) is 2. The molecule has 0 aliphatic heterocycles. The highest BCUT2D eigenvalue weighted by Gasteiger charge is 2.28. The fourth-order valence-electron chi connectivity index (χ4n) is 2.77. The minimum absolute atomic E-state index is 0.0116. The largest absolute Gasteiger partial charge is 0.398 e. The maximum Gasteiger partial charge on any atom is 0.240 e. The number of sulfonamides is 1. The van der Waals surface area contributed by atoms with Crippen molar-refractivity contribution in [3.63, 3.8) is 0 Å². The van der Waals surface area contributed by atoms with E-state index in [2.05, 4.69) is 18.6 Å². The van der Waals surface area contributed by atoms with Gasteiger partial charge in [0.1, 0.15) is 0 Å². The molecule has 1 fully saturated rings. The summed E-state index contributed by atoms with van der Waals surface area (Å²) in [7, 11) is -3.58. The molecule has 0 saturated heterocycles. The van der Waals surface area contributed by atoms with E-state index in [1.165, 1.54) is 12.1 Å². The molecule has 3 unspecified atom stereocenters. The van der Waals surface area contributed by atoms with E-state index in [0.717, 1.165) is 19.3 Å². The highest BCUT2D eigenvalue weighted by Crippen LogP contribution is 2.31. The van der Waals surface area contributed by atoms with Crippen LogP contribution in [0.2, 0.25) is 5.02 Å². The number of nitrogens with two attached hydrogens (primary N) is 1. The zero-order valence-corrected chi connectivity index (χ0v) is 14.3. The predicted molar refractivity (Wildman–Crippen MR) is 86.9 cm³/mol. The molecule has 0 spiro atoms. The van der Waals surface area contributed by atoms with Crippen molar-refractivity contribution in [2.45, 2.75) is 51.0 Å². The standard InChI is InChI=1S/C15H23ClN2O2S/c1-9-4-5-12(6-10(9)2)18-21(19,20)13-7-14(16)11(3)15(17)8-13/h7-10,12,18H,4-6,17H2,1-3H3. The molecule has 2 rings (SSSR count). The zero-order chi connectivity index (χ0) is 15.8. The first kappa shape index (κ1) is 16.6. The molecule has 6 heteroatoms. The maximum atomic E-state index is 12.5. The number of nitrogen functional groups attached to an aromatic ring is 1. The van der Waals surface area contributed by atoms with Crippen molar-refractivity contribution in [2.75, 3.05) is 5.73 Å².